The summed E-state index contributed by atoms with van der Waals surface area (Å²) in [7, 11) is 0. The Kier molecular flexibility index (Phi) is 3.78. The van der Waals surface area contributed by atoms with Crippen LogP contribution in [0.3, 0.4) is 0 Å². The lowest BCUT2D eigenvalue weighted by molar-refractivity contribution is -0.138. The summed E-state index contributed by atoms with van der Waals surface area (Å²) in [6.07, 6.45) is 2.04. The van der Waals surface area contributed by atoms with Crippen LogP contribution in [0, 0.1) is 0 Å². The number of benzene rings is 1. The minimum Gasteiger partial charge on any atom is -0.480 e. The van der Waals surface area contributed by atoms with E-state index in [4.69, 9.17) is 5.11 Å². The molecular weight excluding hydrogens is 242 g/mol. The molecule has 0 aromatic heterocycles. The predicted molar refractivity (Wildman–Crippen MR) is 68.0 cm³/mol. The topological polar surface area (TPSA) is 49.3 Å². The second kappa shape index (κ2) is 5.12. The van der Waals surface area contributed by atoms with Gasteiger partial charge in [0.1, 0.15) is 6.04 Å². The quantitative estimate of drug-likeness (QED) is 0.811. The summed E-state index contributed by atoms with van der Waals surface area (Å²) in [5, 5.41) is 12.1. The smallest absolute Gasteiger partial charge is 0.321 e. The minimum atomic E-state index is -0.768. The molecule has 0 radical (unpaired) electrons. The van der Waals surface area contributed by atoms with Crippen molar-refractivity contribution in [3.05, 3.63) is 29.8 Å². The molecule has 0 aliphatic carbocycles. The highest BCUT2D eigenvalue weighted by Crippen LogP contribution is 2.33. The van der Waals surface area contributed by atoms with E-state index in [1.165, 1.54) is 4.90 Å². The van der Waals surface area contributed by atoms with Crippen molar-refractivity contribution in [1.29, 1.82) is 0 Å². The van der Waals surface area contributed by atoms with Gasteiger partial charge in [0.25, 0.3) is 0 Å². The van der Waals surface area contributed by atoms with Gasteiger partial charge in [-0.25, -0.2) is 0 Å². The van der Waals surface area contributed by atoms with Gasteiger partial charge in [0.2, 0.25) is 0 Å². The third-order valence-corrected chi connectivity index (χ3v) is 4.51. The summed E-state index contributed by atoms with van der Waals surface area (Å²) in [4.78, 5) is 12.0. The summed E-state index contributed by atoms with van der Waals surface area (Å²) in [6, 6.07) is 7.82. The number of thioether (sulfide) groups is 2. The summed E-state index contributed by atoms with van der Waals surface area (Å²) in [5.41, 5.74) is 1.14. The number of hydrogen-bond donors (Lipinski definition) is 2. The first-order valence-corrected chi connectivity index (χ1v) is 7.22. The zero-order valence-corrected chi connectivity index (χ0v) is 10.5. The molecule has 5 heteroatoms. The first-order valence-electron chi connectivity index (χ1n) is 4.95. The average Bonchev–Trinajstić information content (AvgIpc) is 2.78. The Hall–Kier alpha value is -0.650. The van der Waals surface area contributed by atoms with E-state index in [0.717, 1.165) is 5.56 Å². The summed E-state index contributed by atoms with van der Waals surface area (Å²) in [6.45, 7) is 0. The third kappa shape index (κ3) is 2.53. The van der Waals surface area contributed by atoms with Crippen LogP contribution < -0.4 is 5.32 Å². The highest BCUT2D eigenvalue weighted by molar-refractivity contribution is 7.99. The molecule has 16 heavy (non-hydrogen) atoms. The van der Waals surface area contributed by atoms with E-state index in [9.17, 15) is 4.79 Å². The Bertz CT molecular complexity index is 380. The lowest BCUT2D eigenvalue weighted by Crippen LogP contribution is -2.33. The molecule has 1 aromatic carbocycles. The van der Waals surface area contributed by atoms with Gasteiger partial charge in [0.05, 0.1) is 5.37 Å². The third-order valence-electron chi connectivity index (χ3n) is 2.50. The number of carboxylic acid groups (broad SMARTS) is 1. The molecule has 86 valence electrons. The monoisotopic (exact) mass is 255 g/mol. The van der Waals surface area contributed by atoms with Crippen molar-refractivity contribution in [1.82, 2.24) is 5.32 Å². The SMILES string of the molecule is CSc1ccc(C2NC(C(=O)O)CS2)cc1. The van der Waals surface area contributed by atoms with Gasteiger partial charge in [0.15, 0.2) is 0 Å². The van der Waals surface area contributed by atoms with E-state index >= 15 is 0 Å². The maximum absolute atomic E-state index is 10.8. The number of carbonyl (C=O) groups is 1. The molecule has 2 rings (SSSR count). The highest BCUT2D eigenvalue weighted by Gasteiger charge is 2.29. The van der Waals surface area contributed by atoms with E-state index in [2.05, 4.69) is 29.6 Å². The number of carboxylic acids is 1. The number of nitrogens with one attached hydrogen (secondary N) is 1. The van der Waals surface area contributed by atoms with Crippen molar-refractivity contribution in [3.8, 4) is 0 Å². The molecule has 3 nitrogen and oxygen atoms in total. The Balaban J connectivity index is 2.05. The van der Waals surface area contributed by atoms with Crippen LogP contribution in [-0.2, 0) is 4.79 Å². The fourth-order valence-electron chi connectivity index (χ4n) is 1.59. The molecule has 1 saturated heterocycles. The van der Waals surface area contributed by atoms with Crippen LogP contribution in [0.2, 0.25) is 0 Å². The molecule has 1 heterocycles. The van der Waals surface area contributed by atoms with E-state index in [1.54, 1.807) is 23.5 Å². The fraction of sp³-hybridized carbons (Fsp3) is 0.364. The molecule has 0 amide bonds. The zero-order valence-electron chi connectivity index (χ0n) is 8.84. The minimum absolute atomic E-state index is 0.108. The van der Waals surface area contributed by atoms with Crippen molar-refractivity contribution in [2.45, 2.75) is 16.3 Å². The van der Waals surface area contributed by atoms with E-state index in [-0.39, 0.29) is 5.37 Å². The molecule has 0 bridgehead atoms. The predicted octanol–water partition coefficient (Wildman–Crippen LogP) is 2.20. The Morgan fingerprint density at radius 2 is 2.19 bits per heavy atom. The molecule has 1 aliphatic heterocycles. The maximum Gasteiger partial charge on any atom is 0.321 e. The second-order valence-corrected chi connectivity index (χ2v) is 5.56. The maximum atomic E-state index is 10.8. The molecule has 2 N–H and O–H groups in total. The van der Waals surface area contributed by atoms with Gasteiger partial charge in [-0.3, -0.25) is 10.1 Å². The summed E-state index contributed by atoms with van der Waals surface area (Å²) in [5.74, 6) is -0.139. The van der Waals surface area contributed by atoms with E-state index in [0.29, 0.717) is 5.75 Å². The highest BCUT2D eigenvalue weighted by atomic mass is 32.2. The molecule has 2 atom stereocenters. The molecule has 1 aliphatic rings. The number of aliphatic carboxylic acids is 1. The van der Waals surface area contributed by atoms with Gasteiger partial charge < -0.3 is 5.11 Å². The van der Waals surface area contributed by atoms with Gasteiger partial charge in [-0.05, 0) is 24.0 Å². The Morgan fingerprint density at radius 1 is 1.50 bits per heavy atom. The van der Waals surface area contributed by atoms with Crippen molar-refractivity contribution in [3.63, 3.8) is 0 Å². The largest absolute Gasteiger partial charge is 0.480 e. The number of rotatable bonds is 3. The molecule has 1 fully saturated rings. The first-order chi connectivity index (χ1) is 7.70. The average molecular weight is 255 g/mol. The van der Waals surface area contributed by atoms with Gasteiger partial charge in [0, 0.05) is 10.6 Å². The van der Waals surface area contributed by atoms with Crippen LogP contribution in [0.4, 0.5) is 0 Å². The normalized spacial score (nSPS) is 24.6. The zero-order chi connectivity index (χ0) is 11.5. The molecule has 0 saturated carbocycles. The van der Waals surface area contributed by atoms with Gasteiger partial charge in [-0.15, -0.1) is 23.5 Å². The van der Waals surface area contributed by atoms with Gasteiger partial charge in [-0.2, -0.15) is 0 Å². The van der Waals surface area contributed by atoms with Crippen LogP contribution in [0.15, 0.2) is 29.2 Å². The first kappa shape index (κ1) is 11.8. The second-order valence-electron chi connectivity index (χ2n) is 3.54. The number of hydrogen-bond acceptors (Lipinski definition) is 4. The fourth-order valence-corrected chi connectivity index (χ4v) is 3.23. The molecule has 2 unspecified atom stereocenters. The van der Waals surface area contributed by atoms with Crippen LogP contribution >= 0.6 is 23.5 Å². The van der Waals surface area contributed by atoms with Crippen LogP contribution in [0.1, 0.15) is 10.9 Å². The molecule has 0 spiro atoms. The van der Waals surface area contributed by atoms with Gasteiger partial charge in [-0.1, -0.05) is 12.1 Å². The lowest BCUT2D eigenvalue weighted by atomic mass is 10.2. The van der Waals surface area contributed by atoms with Gasteiger partial charge >= 0.3 is 5.97 Å². The summed E-state index contributed by atoms with van der Waals surface area (Å²) < 4.78 is 0. The Labute approximate surface area is 103 Å². The Morgan fingerprint density at radius 3 is 2.69 bits per heavy atom. The van der Waals surface area contributed by atoms with Crippen molar-refractivity contribution in [2.75, 3.05) is 12.0 Å². The van der Waals surface area contributed by atoms with Crippen LogP contribution in [-0.4, -0.2) is 29.1 Å². The van der Waals surface area contributed by atoms with Crippen molar-refractivity contribution in [2.24, 2.45) is 0 Å². The van der Waals surface area contributed by atoms with E-state index in [1.807, 2.05) is 6.26 Å². The van der Waals surface area contributed by atoms with E-state index < -0.39 is 12.0 Å². The standard InChI is InChI=1S/C11H13NO2S2/c1-15-8-4-2-7(3-5-8)10-12-9(6-16-10)11(13)14/h2-5,9-10,12H,6H2,1H3,(H,13,14). The van der Waals surface area contributed by atoms with Crippen LogP contribution in [0.5, 0.6) is 0 Å². The summed E-state index contributed by atoms with van der Waals surface area (Å²) >= 11 is 3.35. The van der Waals surface area contributed by atoms with Crippen molar-refractivity contribution >= 4 is 29.5 Å². The molecular formula is C11H13NO2S2. The lowest BCUT2D eigenvalue weighted by Gasteiger charge is -2.11. The van der Waals surface area contributed by atoms with Crippen LogP contribution in [0.25, 0.3) is 0 Å². The molecule has 1 aromatic rings. The van der Waals surface area contributed by atoms with Crippen molar-refractivity contribution < 1.29 is 9.90 Å².